The van der Waals surface area contributed by atoms with Gasteiger partial charge in [0.25, 0.3) is 0 Å². The predicted molar refractivity (Wildman–Crippen MR) is 65.5 cm³/mol. The Kier molecular flexibility index (Phi) is 3.26. The molecule has 1 aliphatic rings. The maximum absolute atomic E-state index is 9.48. The van der Waals surface area contributed by atoms with Gasteiger partial charge in [0.05, 0.1) is 18.7 Å². The minimum atomic E-state index is -0.0452. The average molecular weight is 242 g/mol. The monoisotopic (exact) mass is 241 g/mol. The van der Waals surface area contributed by atoms with Crippen molar-refractivity contribution in [1.29, 1.82) is 0 Å². The predicted octanol–water partition coefficient (Wildman–Crippen LogP) is 2.22. The highest BCUT2D eigenvalue weighted by Gasteiger charge is 2.22. The topological polar surface area (TPSA) is 32.7 Å². The van der Waals surface area contributed by atoms with Crippen molar-refractivity contribution >= 4 is 17.3 Å². The number of aryl methyl sites for hydroxylation is 1. The zero-order chi connectivity index (χ0) is 11.7. The summed E-state index contributed by atoms with van der Waals surface area (Å²) < 4.78 is 5.26. The molecule has 1 aromatic rings. The van der Waals surface area contributed by atoms with Crippen molar-refractivity contribution in [3.8, 4) is 5.75 Å². The van der Waals surface area contributed by atoms with E-state index in [1.165, 1.54) is 5.56 Å². The summed E-state index contributed by atoms with van der Waals surface area (Å²) in [6.45, 7) is 0.960. The molecule has 0 atom stereocenters. The lowest BCUT2D eigenvalue weighted by molar-refractivity contribution is 0.274. The first-order chi connectivity index (χ1) is 7.69. The van der Waals surface area contributed by atoms with Crippen LogP contribution in [-0.4, -0.2) is 25.8 Å². The van der Waals surface area contributed by atoms with Gasteiger partial charge >= 0.3 is 0 Å². The lowest BCUT2D eigenvalue weighted by Crippen LogP contribution is -2.26. The molecule has 1 heterocycles. The van der Waals surface area contributed by atoms with E-state index in [9.17, 15) is 5.11 Å². The van der Waals surface area contributed by atoms with Crippen molar-refractivity contribution in [1.82, 2.24) is 0 Å². The zero-order valence-electron chi connectivity index (χ0n) is 9.59. The van der Waals surface area contributed by atoms with Crippen molar-refractivity contribution < 1.29 is 9.84 Å². The largest absolute Gasteiger partial charge is 0.495 e. The number of benzene rings is 1. The van der Waals surface area contributed by atoms with E-state index in [4.69, 9.17) is 16.3 Å². The van der Waals surface area contributed by atoms with Gasteiger partial charge in [0.15, 0.2) is 0 Å². The van der Waals surface area contributed by atoms with Gasteiger partial charge in [-0.25, -0.2) is 0 Å². The third-order valence-corrected chi connectivity index (χ3v) is 3.35. The summed E-state index contributed by atoms with van der Waals surface area (Å²) in [5.41, 5.74) is 3.07. The summed E-state index contributed by atoms with van der Waals surface area (Å²) in [5, 5.41) is 10.1. The third kappa shape index (κ3) is 1.74. The fraction of sp³-hybridized carbons (Fsp3) is 0.500. The van der Waals surface area contributed by atoms with E-state index in [1.54, 1.807) is 7.11 Å². The van der Waals surface area contributed by atoms with Crippen LogP contribution < -0.4 is 9.64 Å². The molecular weight excluding hydrogens is 226 g/mol. The fourth-order valence-electron chi connectivity index (χ4n) is 2.38. The summed E-state index contributed by atoms with van der Waals surface area (Å²) in [6, 6.07) is 1.95. The molecule has 3 nitrogen and oxygen atoms in total. The number of fused-ring (bicyclic) bond motifs is 1. The molecule has 0 aromatic heterocycles. The van der Waals surface area contributed by atoms with Gasteiger partial charge in [0, 0.05) is 24.8 Å². The van der Waals surface area contributed by atoms with Crippen molar-refractivity contribution in [2.24, 2.45) is 0 Å². The first-order valence-corrected chi connectivity index (χ1v) is 5.77. The Morgan fingerprint density at radius 1 is 1.56 bits per heavy atom. The van der Waals surface area contributed by atoms with Gasteiger partial charge in [0.2, 0.25) is 0 Å². The van der Waals surface area contributed by atoms with Gasteiger partial charge in [-0.2, -0.15) is 0 Å². The number of hydrogen-bond donors (Lipinski definition) is 1. The van der Waals surface area contributed by atoms with Gasteiger partial charge in [-0.15, -0.1) is 0 Å². The molecule has 0 saturated carbocycles. The quantitative estimate of drug-likeness (QED) is 0.862. The molecule has 0 spiro atoms. The van der Waals surface area contributed by atoms with E-state index in [0.717, 1.165) is 30.6 Å². The van der Waals surface area contributed by atoms with Crippen molar-refractivity contribution in [3.05, 3.63) is 22.2 Å². The molecule has 0 unspecified atom stereocenters. The highest BCUT2D eigenvalue weighted by atomic mass is 35.5. The van der Waals surface area contributed by atoms with Crippen LogP contribution in [-0.2, 0) is 13.0 Å². The number of aliphatic hydroxyl groups excluding tert-OH is 1. The Balaban J connectivity index is 2.64. The zero-order valence-corrected chi connectivity index (χ0v) is 10.3. The molecule has 1 N–H and O–H groups in total. The summed E-state index contributed by atoms with van der Waals surface area (Å²) in [4.78, 5) is 2.16. The summed E-state index contributed by atoms with van der Waals surface area (Å²) in [6.07, 6.45) is 2.13. The standard InChI is InChI=1S/C12H16ClNO2/c1-14-5-3-4-8-6-10(13)12(16-2)9(7-15)11(8)14/h6,15H,3-5,7H2,1-2H3. The minimum absolute atomic E-state index is 0.0452. The Morgan fingerprint density at radius 3 is 2.94 bits per heavy atom. The molecule has 4 heteroatoms. The number of aliphatic hydroxyl groups is 1. The molecule has 0 amide bonds. The molecule has 0 aliphatic carbocycles. The molecular formula is C12H16ClNO2. The molecule has 2 rings (SSSR count). The maximum atomic E-state index is 9.48. The number of methoxy groups -OCH3 is 1. The minimum Gasteiger partial charge on any atom is -0.495 e. The number of nitrogens with zero attached hydrogens (tertiary/aromatic N) is 1. The van der Waals surface area contributed by atoms with Gasteiger partial charge in [-0.3, -0.25) is 0 Å². The van der Waals surface area contributed by atoms with Crippen LogP contribution in [0.25, 0.3) is 0 Å². The average Bonchev–Trinajstić information content (AvgIpc) is 2.27. The summed E-state index contributed by atoms with van der Waals surface area (Å²) in [5.74, 6) is 0.594. The highest BCUT2D eigenvalue weighted by Crippen LogP contribution is 2.40. The first kappa shape index (κ1) is 11.6. The van der Waals surface area contributed by atoms with E-state index in [0.29, 0.717) is 10.8 Å². The van der Waals surface area contributed by atoms with Crippen molar-refractivity contribution in [2.75, 3.05) is 25.6 Å². The Labute approximate surface area is 101 Å². The molecule has 0 bridgehead atoms. The lowest BCUT2D eigenvalue weighted by atomic mass is 9.97. The van der Waals surface area contributed by atoms with Crippen LogP contribution in [0.2, 0.25) is 5.02 Å². The van der Waals surface area contributed by atoms with E-state index in [-0.39, 0.29) is 6.61 Å². The van der Waals surface area contributed by atoms with Crippen LogP contribution in [0.3, 0.4) is 0 Å². The van der Waals surface area contributed by atoms with Crippen molar-refractivity contribution in [2.45, 2.75) is 19.4 Å². The molecule has 1 aromatic carbocycles. The fourth-order valence-corrected chi connectivity index (χ4v) is 2.71. The van der Waals surface area contributed by atoms with Gasteiger partial charge < -0.3 is 14.7 Å². The number of hydrogen-bond acceptors (Lipinski definition) is 3. The van der Waals surface area contributed by atoms with E-state index in [2.05, 4.69) is 4.90 Å². The second kappa shape index (κ2) is 4.52. The Hall–Kier alpha value is -0.930. The van der Waals surface area contributed by atoms with Crippen molar-refractivity contribution in [3.63, 3.8) is 0 Å². The highest BCUT2D eigenvalue weighted by molar-refractivity contribution is 6.32. The summed E-state index contributed by atoms with van der Waals surface area (Å²) in [7, 11) is 3.61. The number of ether oxygens (including phenoxy) is 1. The number of halogens is 1. The second-order valence-corrected chi connectivity index (χ2v) is 4.47. The van der Waals surface area contributed by atoms with Crippen LogP contribution >= 0.6 is 11.6 Å². The molecule has 16 heavy (non-hydrogen) atoms. The second-order valence-electron chi connectivity index (χ2n) is 4.06. The summed E-state index contributed by atoms with van der Waals surface area (Å²) >= 11 is 6.14. The molecule has 88 valence electrons. The molecule has 0 saturated heterocycles. The molecule has 0 radical (unpaired) electrons. The van der Waals surface area contributed by atoms with Crippen LogP contribution in [0.1, 0.15) is 17.5 Å². The van der Waals surface area contributed by atoms with Crippen LogP contribution in [0.15, 0.2) is 6.07 Å². The molecule has 0 fully saturated rings. The van der Waals surface area contributed by atoms with Gasteiger partial charge in [0.1, 0.15) is 5.75 Å². The third-order valence-electron chi connectivity index (χ3n) is 3.07. The normalized spacial score (nSPS) is 14.9. The maximum Gasteiger partial charge on any atom is 0.145 e. The number of rotatable bonds is 2. The number of anilines is 1. The van der Waals surface area contributed by atoms with E-state index >= 15 is 0 Å². The smallest absolute Gasteiger partial charge is 0.145 e. The van der Waals surface area contributed by atoms with E-state index < -0.39 is 0 Å². The van der Waals surface area contributed by atoms with Crippen LogP contribution in [0.5, 0.6) is 5.75 Å². The first-order valence-electron chi connectivity index (χ1n) is 5.39. The van der Waals surface area contributed by atoms with Crippen LogP contribution in [0.4, 0.5) is 5.69 Å². The lowest BCUT2D eigenvalue weighted by Gasteiger charge is -2.30. The Morgan fingerprint density at radius 2 is 2.31 bits per heavy atom. The van der Waals surface area contributed by atoms with E-state index in [1.807, 2.05) is 13.1 Å². The van der Waals surface area contributed by atoms with Gasteiger partial charge in [-0.05, 0) is 24.5 Å². The molecule has 1 aliphatic heterocycles. The Bertz CT molecular complexity index is 406. The van der Waals surface area contributed by atoms with Gasteiger partial charge in [-0.1, -0.05) is 11.6 Å². The SMILES string of the molecule is COc1c(Cl)cc2c(c1CO)N(C)CCC2. The van der Waals surface area contributed by atoms with Crippen LogP contribution in [0, 0.1) is 0 Å².